The molecule has 152 valence electrons. The zero-order chi connectivity index (χ0) is 20.1. The molecule has 0 spiro atoms. The topological polar surface area (TPSA) is 116 Å². The van der Waals surface area contributed by atoms with E-state index in [1.165, 1.54) is 37.1 Å². The van der Waals surface area contributed by atoms with Crippen LogP contribution >= 0.6 is 0 Å². The van der Waals surface area contributed by atoms with Gasteiger partial charge in [-0.15, -0.1) is 0 Å². The molecule has 27 heavy (non-hydrogen) atoms. The maximum atomic E-state index is 12.4. The van der Waals surface area contributed by atoms with Gasteiger partial charge in [0.15, 0.2) is 0 Å². The highest BCUT2D eigenvalue weighted by Crippen LogP contribution is 2.07. The standard InChI is InChI=1S/C19H32N4O4/c1-3-4-5-6-7-8-11-27-19(26)17(22-18(25)9-10-20)12-16-13-23(14-21-16)15(2)24/h13-14,17H,3-12,20H2,1-2H3,(H,22,25)/t17-/m1/s1. The lowest BCUT2D eigenvalue weighted by atomic mass is 10.1. The number of hydrogen-bond acceptors (Lipinski definition) is 6. The molecule has 8 heteroatoms. The lowest BCUT2D eigenvalue weighted by Gasteiger charge is -2.17. The van der Waals surface area contributed by atoms with E-state index in [9.17, 15) is 14.4 Å². The van der Waals surface area contributed by atoms with Gasteiger partial charge >= 0.3 is 5.97 Å². The van der Waals surface area contributed by atoms with Crippen LogP contribution < -0.4 is 11.1 Å². The van der Waals surface area contributed by atoms with E-state index in [-0.39, 0.29) is 31.2 Å². The molecule has 1 aromatic rings. The molecule has 3 N–H and O–H groups in total. The van der Waals surface area contributed by atoms with E-state index in [2.05, 4.69) is 17.2 Å². The predicted octanol–water partition coefficient (Wildman–Crippen LogP) is 1.82. The molecule has 0 aliphatic carbocycles. The molecule has 1 heterocycles. The van der Waals surface area contributed by atoms with Crippen LogP contribution in [0.3, 0.4) is 0 Å². The molecule has 1 rings (SSSR count). The van der Waals surface area contributed by atoms with Crippen LogP contribution in [0.4, 0.5) is 0 Å². The SMILES string of the molecule is CCCCCCCCOC(=O)[C@@H](Cc1cn(C(C)=O)cn1)NC(=O)CCN. The number of esters is 1. The van der Waals surface area contributed by atoms with Gasteiger partial charge in [-0.3, -0.25) is 14.2 Å². The Labute approximate surface area is 160 Å². The van der Waals surface area contributed by atoms with Crippen molar-refractivity contribution >= 4 is 17.8 Å². The number of carbonyl (C=O) groups excluding carboxylic acids is 3. The molecule has 0 unspecified atom stereocenters. The van der Waals surface area contributed by atoms with Crippen molar-refractivity contribution in [3.05, 3.63) is 18.2 Å². The smallest absolute Gasteiger partial charge is 0.329 e. The molecular formula is C19H32N4O4. The second-order valence-corrected chi connectivity index (χ2v) is 6.59. The molecule has 0 radical (unpaired) electrons. The summed E-state index contributed by atoms with van der Waals surface area (Å²) in [6, 6.07) is -0.848. The summed E-state index contributed by atoms with van der Waals surface area (Å²) in [5.74, 6) is -0.987. The predicted molar refractivity (Wildman–Crippen MR) is 102 cm³/mol. The Hall–Kier alpha value is -2.22. The Balaban J connectivity index is 2.54. The number of imidazole rings is 1. The average molecular weight is 380 g/mol. The molecule has 8 nitrogen and oxygen atoms in total. The van der Waals surface area contributed by atoms with Crippen molar-refractivity contribution in [1.29, 1.82) is 0 Å². The van der Waals surface area contributed by atoms with E-state index >= 15 is 0 Å². The Morgan fingerprint density at radius 3 is 2.56 bits per heavy atom. The van der Waals surface area contributed by atoms with E-state index in [1.54, 1.807) is 6.20 Å². The lowest BCUT2D eigenvalue weighted by molar-refractivity contribution is -0.148. The molecule has 0 saturated heterocycles. The Morgan fingerprint density at radius 2 is 1.93 bits per heavy atom. The Kier molecular flexibility index (Phi) is 11.0. The van der Waals surface area contributed by atoms with Gasteiger partial charge in [0.1, 0.15) is 12.4 Å². The number of nitrogens with two attached hydrogens (primary N) is 1. The molecule has 0 aliphatic heterocycles. The number of nitrogens with one attached hydrogen (secondary N) is 1. The summed E-state index contributed by atoms with van der Waals surface area (Å²) in [5.41, 5.74) is 5.92. The van der Waals surface area contributed by atoms with Gasteiger partial charge in [0.05, 0.1) is 12.3 Å². The van der Waals surface area contributed by atoms with Crippen LogP contribution in [0.1, 0.15) is 69.3 Å². The minimum Gasteiger partial charge on any atom is -0.464 e. The van der Waals surface area contributed by atoms with Gasteiger partial charge in [0.25, 0.3) is 0 Å². The van der Waals surface area contributed by atoms with Gasteiger partial charge in [-0.1, -0.05) is 39.0 Å². The zero-order valence-corrected chi connectivity index (χ0v) is 16.4. The van der Waals surface area contributed by atoms with Crippen LogP contribution in [0.15, 0.2) is 12.5 Å². The first-order valence-corrected chi connectivity index (χ1v) is 9.67. The number of aromatic nitrogens is 2. The van der Waals surface area contributed by atoms with Crippen LogP contribution in [0.5, 0.6) is 0 Å². The van der Waals surface area contributed by atoms with Crippen LogP contribution in [0.2, 0.25) is 0 Å². The fraction of sp³-hybridized carbons (Fsp3) is 0.684. The largest absolute Gasteiger partial charge is 0.464 e. The highest BCUT2D eigenvalue weighted by molar-refractivity contribution is 5.84. The second-order valence-electron chi connectivity index (χ2n) is 6.59. The summed E-state index contributed by atoms with van der Waals surface area (Å²) in [5, 5.41) is 2.65. The second kappa shape index (κ2) is 13.0. The van der Waals surface area contributed by atoms with Gasteiger partial charge in [-0.2, -0.15) is 0 Å². The maximum absolute atomic E-state index is 12.4. The summed E-state index contributed by atoms with van der Waals surface area (Å²) in [4.78, 5) is 39.7. The first kappa shape index (κ1) is 22.8. The molecule has 1 aromatic heterocycles. The van der Waals surface area contributed by atoms with E-state index in [1.807, 2.05) is 0 Å². The number of amides is 1. The van der Waals surface area contributed by atoms with Crippen molar-refractivity contribution in [2.75, 3.05) is 13.2 Å². The summed E-state index contributed by atoms with van der Waals surface area (Å²) < 4.78 is 6.66. The van der Waals surface area contributed by atoms with E-state index < -0.39 is 12.0 Å². The summed E-state index contributed by atoms with van der Waals surface area (Å²) in [6.45, 7) is 4.11. The van der Waals surface area contributed by atoms with E-state index in [0.29, 0.717) is 12.3 Å². The maximum Gasteiger partial charge on any atom is 0.329 e. The fourth-order valence-corrected chi connectivity index (χ4v) is 2.60. The summed E-state index contributed by atoms with van der Waals surface area (Å²) in [6.07, 6.45) is 9.78. The number of unbranched alkanes of at least 4 members (excludes halogenated alkanes) is 5. The molecule has 0 bridgehead atoms. The fourth-order valence-electron chi connectivity index (χ4n) is 2.60. The van der Waals surface area contributed by atoms with Crippen LogP contribution in [0.25, 0.3) is 0 Å². The highest BCUT2D eigenvalue weighted by atomic mass is 16.5. The quantitative estimate of drug-likeness (QED) is 0.398. The summed E-state index contributed by atoms with van der Waals surface area (Å²) in [7, 11) is 0. The van der Waals surface area contributed by atoms with Crippen LogP contribution in [-0.2, 0) is 20.7 Å². The summed E-state index contributed by atoms with van der Waals surface area (Å²) >= 11 is 0. The minimum atomic E-state index is -0.848. The van der Waals surface area contributed by atoms with Crippen molar-refractivity contribution < 1.29 is 19.1 Å². The van der Waals surface area contributed by atoms with E-state index in [4.69, 9.17) is 10.5 Å². The van der Waals surface area contributed by atoms with Crippen molar-refractivity contribution in [3.63, 3.8) is 0 Å². The van der Waals surface area contributed by atoms with Crippen molar-refractivity contribution in [1.82, 2.24) is 14.9 Å². The third kappa shape index (κ3) is 9.33. The zero-order valence-electron chi connectivity index (χ0n) is 16.4. The van der Waals surface area contributed by atoms with Crippen LogP contribution in [-0.4, -0.2) is 46.5 Å². The molecule has 0 aliphatic rings. The lowest BCUT2D eigenvalue weighted by Crippen LogP contribution is -2.44. The first-order chi connectivity index (χ1) is 13.0. The average Bonchev–Trinajstić information content (AvgIpc) is 3.09. The normalized spacial score (nSPS) is 11.8. The molecule has 0 fully saturated rings. The minimum absolute atomic E-state index is 0.128. The molecule has 1 amide bonds. The number of ether oxygens (including phenoxy) is 1. The third-order valence-electron chi connectivity index (χ3n) is 4.15. The molecule has 0 saturated carbocycles. The van der Waals surface area contributed by atoms with Crippen molar-refractivity contribution in [2.45, 2.75) is 71.3 Å². The molecule has 0 aromatic carbocycles. The van der Waals surface area contributed by atoms with Gasteiger partial charge in [-0.05, 0) is 6.42 Å². The monoisotopic (exact) mass is 380 g/mol. The van der Waals surface area contributed by atoms with Gasteiger partial charge < -0.3 is 15.8 Å². The molecular weight excluding hydrogens is 348 g/mol. The Morgan fingerprint density at radius 1 is 1.22 bits per heavy atom. The van der Waals surface area contributed by atoms with E-state index in [0.717, 1.165) is 19.3 Å². The van der Waals surface area contributed by atoms with Gasteiger partial charge in [-0.25, -0.2) is 9.78 Å². The number of nitrogens with zero attached hydrogens (tertiary/aromatic N) is 2. The number of hydrogen-bond donors (Lipinski definition) is 2. The number of carbonyl (C=O) groups is 3. The van der Waals surface area contributed by atoms with Gasteiger partial charge in [0, 0.05) is 32.5 Å². The van der Waals surface area contributed by atoms with Crippen LogP contribution in [0, 0.1) is 0 Å². The first-order valence-electron chi connectivity index (χ1n) is 9.67. The third-order valence-corrected chi connectivity index (χ3v) is 4.15. The Bertz CT molecular complexity index is 600. The van der Waals surface area contributed by atoms with Gasteiger partial charge in [0.2, 0.25) is 11.8 Å². The van der Waals surface area contributed by atoms with Crippen molar-refractivity contribution in [3.8, 4) is 0 Å². The number of rotatable bonds is 13. The highest BCUT2D eigenvalue weighted by Gasteiger charge is 2.23. The van der Waals surface area contributed by atoms with Crippen molar-refractivity contribution in [2.24, 2.45) is 5.73 Å². The molecule has 1 atom stereocenters.